The van der Waals surface area contributed by atoms with E-state index in [1.807, 2.05) is 11.4 Å². The first-order valence-electron chi connectivity index (χ1n) is 5.18. The van der Waals surface area contributed by atoms with Gasteiger partial charge in [0.1, 0.15) is 10.6 Å². The van der Waals surface area contributed by atoms with E-state index in [4.69, 9.17) is 14.7 Å². The summed E-state index contributed by atoms with van der Waals surface area (Å²) in [5.74, 6) is 0.486. The van der Waals surface area contributed by atoms with Crippen molar-refractivity contribution in [2.45, 2.75) is 6.10 Å². The van der Waals surface area contributed by atoms with Crippen molar-refractivity contribution in [2.24, 2.45) is 0 Å². The molecule has 1 aliphatic rings. The zero-order chi connectivity index (χ0) is 12.3. The summed E-state index contributed by atoms with van der Waals surface area (Å²) in [6.45, 7) is 1.23. The van der Waals surface area contributed by atoms with Crippen LogP contribution in [0.4, 0.5) is 0 Å². The van der Waals surface area contributed by atoms with Gasteiger partial charge in [-0.2, -0.15) is 5.26 Å². The van der Waals surface area contributed by atoms with Crippen molar-refractivity contribution in [3.8, 4) is 11.8 Å². The maximum atomic E-state index is 12.2. The molecule has 0 aromatic carbocycles. The topological polar surface area (TPSA) is 62.6 Å². The zero-order valence-electron chi connectivity index (χ0n) is 9.38. The normalized spacial score (nSPS) is 19.8. The lowest BCUT2D eigenvalue weighted by Crippen LogP contribution is -2.44. The third-order valence-electron chi connectivity index (χ3n) is 2.54. The van der Waals surface area contributed by atoms with E-state index in [2.05, 4.69) is 0 Å². The fraction of sp³-hybridized carbons (Fsp3) is 0.455. The summed E-state index contributed by atoms with van der Waals surface area (Å²) in [6.07, 6.45) is -0.529. The molecule has 0 spiro atoms. The standard InChI is InChI=1S/C11H12N2O3S/c1-15-9-2-5-17-10(9)11(14)13-3-4-16-8(6-12)7-13/h2,5,8H,3-4,7H2,1H3. The summed E-state index contributed by atoms with van der Waals surface area (Å²) in [5.41, 5.74) is 0. The van der Waals surface area contributed by atoms with Crippen LogP contribution in [0.3, 0.4) is 0 Å². The molecule has 6 heteroatoms. The molecule has 1 saturated heterocycles. The van der Waals surface area contributed by atoms with Crippen LogP contribution in [0.1, 0.15) is 9.67 Å². The number of nitrogens with zero attached hydrogens (tertiary/aromatic N) is 2. The third-order valence-corrected chi connectivity index (χ3v) is 3.42. The van der Waals surface area contributed by atoms with E-state index in [1.54, 1.807) is 11.0 Å². The first kappa shape index (κ1) is 11.9. The first-order chi connectivity index (χ1) is 8.26. The first-order valence-corrected chi connectivity index (χ1v) is 6.06. The molecule has 0 N–H and O–H groups in total. The number of rotatable bonds is 2. The molecule has 1 aromatic heterocycles. The summed E-state index contributed by atoms with van der Waals surface area (Å²) in [5, 5.41) is 10.6. The van der Waals surface area contributed by atoms with Crippen molar-refractivity contribution in [1.29, 1.82) is 5.26 Å². The lowest BCUT2D eigenvalue weighted by Gasteiger charge is -2.29. The quantitative estimate of drug-likeness (QED) is 0.791. The fourth-order valence-corrected chi connectivity index (χ4v) is 2.49. The number of methoxy groups -OCH3 is 1. The van der Waals surface area contributed by atoms with Crippen LogP contribution in [-0.2, 0) is 4.74 Å². The minimum absolute atomic E-state index is 0.0969. The largest absolute Gasteiger partial charge is 0.495 e. The summed E-state index contributed by atoms with van der Waals surface area (Å²) < 4.78 is 10.3. The van der Waals surface area contributed by atoms with Crippen LogP contribution in [0.15, 0.2) is 11.4 Å². The number of ether oxygens (including phenoxy) is 2. The molecule has 0 radical (unpaired) electrons. The Bertz CT molecular complexity index is 452. The molecule has 1 unspecified atom stereocenters. The predicted octanol–water partition coefficient (Wildman–Crippen LogP) is 1.12. The van der Waals surface area contributed by atoms with Crippen molar-refractivity contribution in [3.05, 3.63) is 16.3 Å². The summed E-state index contributed by atoms with van der Waals surface area (Å²) in [4.78, 5) is 14.4. The Morgan fingerprint density at radius 1 is 1.76 bits per heavy atom. The van der Waals surface area contributed by atoms with Crippen molar-refractivity contribution >= 4 is 17.2 Å². The van der Waals surface area contributed by atoms with Gasteiger partial charge < -0.3 is 14.4 Å². The molecule has 2 rings (SSSR count). The molecule has 0 saturated carbocycles. The maximum absolute atomic E-state index is 12.2. The van der Waals surface area contributed by atoms with Crippen LogP contribution >= 0.6 is 11.3 Å². The highest BCUT2D eigenvalue weighted by Crippen LogP contribution is 2.26. The SMILES string of the molecule is COc1ccsc1C(=O)N1CCOC(C#N)C1. The Hall–Kier alpha value is -1.58. The summed E-state index contributed by atoms with van der Waals surface area (Å²) >= 11 is 1.34. The average Bonchev–Trinajstić information content (AvgIpc) is 2.86. The highest BCUT2D eigenvalue weighted by Gasteiger charge is 2.27. The van der Waals surface area contributed by atoms with E-state index in [0.29, 0.717) is 30.3 Å². The van der Waals surface area contributed by atoms with Gasteiger partial charge in [-0.3, -0.25) is 4.79 Å². The molecule has 0 bridgehead atoms. The van der Waals surface area contributed by atoms with Crippen LogP contribution in [0.2, 0.25) is 0 Å². The minimum atomic E-state index is -0.529. The number of nitriles is 1. The molecule has 0 aliphatic carbocycles. The maximum Gasteiger partial charge on any atom is 0.267 e. The second kappa shape index (κ2) is 5.17. The van der Waals surface area contributed by atoms with Crippen molar-refractivity contribution in [3.63, 3.8) is 0 Å². The molecule has 1 atom stereocenters. The Kier molecular flexibility index (Phi) is 3.61. The van der Waals surface area contributed by atoms with Gasteiger partial charge in [0.2, 0.25) is 0 Å². The van der Waals surface area contributed by atoms with Gasteiger partial charge in [-0.1, -0.05) is 0 Å². The number of carbonyl (C=O) groups is 1. The van der Waals surface area contributed by atoms with Gasteiger partial charge in [0.15, 0.2) is 6.10 Å². The van der Waals surface area contributed by atoms with Crippen LogP contribution < -0.4 is 4.74 Å². The van der Waals surface area contributed by atoms with Gasteiger partial charge >= 0.3 is 0 Å². The Morgan fingerprint density at radius 2 is 2.59 bits per heavy atom. The van der Waals surface area contributed by atoms with E-state index in [1.165, 1.54) is 18.4 Å². The van der Waals surface area contributed by atoms with Gasteiger partial charge in [0, 0.05) is 6.54 Å². The van der Waals surface area contributed by atoms with E-state index >= 15 is 0 Å². The third kappa shape index (κ3) is 2.40. The molecule has 17 heavy (non-hydrogen) atoms. The van der Waals surface area contributed by atoms with Crippen molar-refractivity contribution < 1.29 is 14.3 Å². The number of amides is 1. The van der Waals surface area contributed by atoms with E-state index < -0.39 is 6.10 Å². The molecule has 1 aromatic rings. The van der Waals surface area contributed by atoms with Gasteiger partial charge in [0.25, 0.3) is 5.91 Å². The second-order valence-corrected chi connectivity index (χ2v) is 4.47. The van der Waals surface area contributed by atoms with Crippen LogP contribution in [-0.4, -0.2) is 43.7 Å². The Balaban J connectivity index is 2.12. The van der Waals surface area contributed by atoms with Crippen LogP contribution in [0.5, 0.6) is 5.75 Å². The summed E-state index contributed by atoms with van der Waals surface area (Å²) in [6, 6.07) is 3.78. The van der Waals surface area contributed by atoms with E-state index in [9.17, 15) is 4.79 Å². The second-order valence-electron chi connectivity index (χ2n) is 3.56. The molecule has 90 valence electrons. The average molecular weight is 252 g/mol. The number of morpholine rings is 1. The van der Waals surface area contributed by atoms with Gasteiger partial charge in [-0.15, -0.1) is 11.3 Å². The van der Waals surface area contributed by atoms with Crippen molar-refractivity contribution in [1.82, 2.24) is 4.90 Å². The Morgan fingerprint density at radius 3 is 3.29 bits per heavy atom. The lowest BCUT2D eigenvalue weighted by molar-refractivity contribution is 0.00358. The van der Waals surface area contributed by atoms with Gasteiger partial charge in [0.05, 0.1) is 26.3 Å². The van der Waals surface area contributed by atoms with Crippen molar-refractivity contribution in [2.75, 3.05) is 26.8 Å². The van der Waals surface area contributed by atoms with Crippen LogP contribution in [0, 0.1) is 11.3 Å². The van der Waals surface area contributed by atoms with Crippen LogP contribution in [0.25, 0.3) is 0 Å². The highest BCUT2D eigenvalue weighted by atomic mass is 32.1. The zero-order valence-corrected chi connectivity index (χ0v) is 10.2. The number of hydrogen-bond donors (Lipinski definition) is 0. The molecule has 5 nitrogen and oxygen atoms in total. The Labute approximate surface area is 103 Å². The minimum Gasteiger partial charge on any atom is -0.495 e. The fourth-order valence-electron chi connectivity index (χ4n) is 1.67. The number of hydrogen-bond acceptors (Lipinski definition) is 5. The molecule has 2 heterocycles. The lowest BCUT2D eigenvalue weighted by atomic mass is 10.2. The number of carbonyl (C=O) groups excluding carboxylic acids is 1. The number of thiophene rings is 1. The molecule has 1 amide bonds. The van der Waals surface area contributed by atoms with Gasteiger partial charge in [-0.05, 0) is 11.4 Å². The molecule has 1 fully saturated rings. The van der Waals surface area contributed by atoms with E-state index in [0.717, 1.165) is 0 Å². The molecular weight excluding hydrogens is 240 g/mol. The molecular formula is C11H12N2O3S. The molecule has 1 aliphatic heterocycles. The smallest absolute Gasteiger partial charge is 0.267 e. The van der Waals surface area contributed by atoms with Gasteiger partial charge in [-0.25, -0.2) is 0 Å². The predicted molar refractivity (Wildman–Crippen MR) is 62.1 cm³/mol. The van der Waals surface area contributed by atoms with E-state index in [-0.39, 0.29) is 5.91 Å². The highest BCUT2D eigenvalue weighted by molar-refractivity contribution is 7.12. The monoisotopic (exact) mass is 252 g/mol. The summed E-state index contributed by atoms with van der Waals surface area (Å²) in [7, 11) is 1.54.